The zero-order chi connectivity index (χ0) is 17.2. The number of hydrogen-bond donors (Lipinski definition) is 1. The summed E-state index contributed by atoms with van der Waals surface area (Å²) >= 11 is 0. The van der Waals surface area contributed by atoms with Gasteiger partial charge in [0, 0.05) is 18.0 Å². The average molecular weight is 326 g/mol. The third-order valence-electron chi connectivity index (χ3n) is 3.79. The van der Waals surface area contributed by atoms with Gasteiger partial charge >= 0.3 is 6.09 Å². The Labute approximate surface area is 142 Å². The first-order valence-corrected chi connectivity index (χ1v) is 8.05. The highest BCUT2D eigenvalue weighted by atomic mass is 16.6. The van der Waals surface area contributed by atoms with Crippen LogP contribution in [-0.2, 0) is 16.1 Å². The fourth-order valence-electron chi connectivity index (χ4n) is 2.79. The molecule has 0 spiro atoms. The first-order chi connectivity index (χ1) is 11.4. The summed E-state index contributed by atoms with van der Waals surface area (Å²) < 4.78 is 11.1. The zero-order valence-electron chi connectivity index (χ0n) is 14.2. The third-order valence-corrected chi connectivity index (χ3v) is 3.79. The lowest BCUT2D eigenvalue weighted by molar-refractivity contribution is 0.0395. The predicted octanol–water partition coefficient (Wildman–Crippen LogP) is 3.84. The number of rotatable bonds is 3. The van der Waals surface area contributed by atoms with Gasteiger partial charge in [-0.05, 0) is 43.5 Å². The number of carbonyl (C=O) groups excluding carboxylic acids is 1. The van der Waals surface area contributed by atoms with E-state index in [0.717, 1.165) is 22.3 Å². The number of pyridine rings is 1. The van der Waals surface area contributed by atoms with Crippen LogP contribution >= 0.6 is 0 Å². The van der Waals surface area contributed by atoms with Crippen LogP contribution < -0.4 is 5.32 Å². The van der Waals surface area contributed by atoms with Crippen molar-refractivity contribution in [3.8, 4) is 11.1 Å². The molecule has 0 saturated heterocycles. The maximum Gasteiger partial charge on any atom is 0.407 e. The molecule has 0 radical (unpaired) electrons. The topological polar surface area (TPSA) is 60.5 Å². The SMILES string of the molecule is CC(C)(C)OC(=O)NCC1OCc2c(-c3cccnc3)cccc21. The first-order valence-electron chi connectivity index (χ1n) is 8.05. The number of aromatic nitrogens is 1. The van der Waals surface area contributed by atoms with E-state index in [1.54, 1.807) is 6.20 Å². The molecule has 1 atom stereocenters. The Morgan fingerprint density at radius 1 is 1.33 bits per heavy atom. The number of alkyl carbamates (subject to hydrolysis) is 1. The van der Waals surface area contributed by atoms with Crippen molar-refractivity contribution in [3.63, 3.8) is 0 Å². The molecule has 1 amide bonds. The lowest BCUT2D eigenvalue weighted by Crippen LogP contribution is -2.34. The van der Waals surface area contributed by atoms with Crippen molar-refractivity contribution in [2.24, 2.45) is 0 Å². The smallest absolute Gasteiger partial charge is 0.407 e. The summed E-state index contributed by atoms with van der Waals surface area (Å²) in [4.78, 5) is 16.0. The summed E-state index contributed by atoms with van der Waals surface area (Å²) in [5.74, 6) is 0. The summed E-state index contributed by atoms with van der Waals surface area (Å²) in [5.41, 5.74) is 3.94. The van der Waals surface area contributed by atoms with Gasteiger partial charge in [0.25, 0.3) is 0 Å². The molecule has 0 aliphatic carbocycles. The lowest BCUT2D eigenvalue weighted by Gasteiger charge is -2.20. The van der Waals surface area contributed by atoms with Crippen molar-refractivity contribution in [2.75, 3.05) is 6.54 Å². The second-order valence-electron chi connectivity index (χ2n) is 6.80. The molecule has 1 unspecified atom stereocenters. The molecule has 1 aliphatic rings. The Balaban J connectivity index is 1.73. The second-order valence-corrected chi connectivity index (χ2v) is 6.80. The van der Waals surface area contributed by atoms with E-state index in [1.807, 2.05) is 51.2 Å². The number of amides is 1. The largest absolute Gasteiger partial charge is 0.444 e. The van der Waals surface area contributed by atoms with E-state index >= 15 is 0 Å². The molecule has 0 saturated carbocycles. The first kappa shape index (κ1) is 16.5. The van der Waals surface area contributed by atoms with Gasteiger partial charge in [0.2, 0.25) is 0 Å². The van der Waals surface area contributed by atoms with Crippen LogP contribution in [0.25, 0.3) is 11.1 Å². The lowest BCUT2D eigenvalue weighted by atomic mass is 9.96. The fraction of sp³-hybridized carbons (Fsp3) is 0.368. The van der Waals surface area contributed by atoms with E-state index < -0.39 is 11.7 Å². The molecule has 126 valence electrons. The maximum absolute atomic E-state index is 11.8. The molecular weight excluding hydrogens is 304 g/mol. The van der Waals surface area contributed by atoms with Gasteiger partial charge in [-0.2, -0.15) is 0 Å². The summed E-state index contributed by atoms with van der Waals surface area (Å²) in [6.07, 6.45) is 3.02. The van der Waals surface area contributed by atoms with Crippen molar-refractivity contribution in [2.45, 2.75) is 39.1 Å². The van der Waals surface area contributed by atoms with Crippen LogP contribution in [0.1, 0.15) is 38.0 Å². The van der Waals surface area contributed by atoms with Gasteiger partial charge in [0.15, 0.2) is 0 Å². The molecule has 24 heavy (non-hydrogen) atoms. The van der Waals surface area contributed by atoms with Gasteiger partial charge in [-0.1, -0.05) is 24.3 Å². The molecule has 1 aromatic carbocycles. The molecule has 2 aromatic rings. The normalized spacial score (nSPS) is 16.5. The monoisotopic (exact) mass is 326 g/mol. The summed E-state index contributed by atoms with van der Waals surface area (Å²) in [5, 5.41) is 2.78. The number of ether oxygens (including phenoxy) is 2. The van der Waals surface area contributed by atoms with Crippen molar-refractivity contribution < 1.29 is 14.3 Å². The molecule has 2 heterocycles. The highest BCUT2D eigenvalue weighted by molar-refractivity contribution is 5.69. The van der Waals surface area contributed by atoms with Crippen molar-refractivity contribution in [3.05, 3.63) is 53.9 Å². The van der Waals surface area contributed by atoms with Crippen LogP contribution in [0.3, 0.4) is 0 Å². The van der Waals surface area contributed by atoms with Crippen LogP contribution in [0.5, 0.6) is 0 Å². The molecule has 3 rings (SSSR count). The van der Waals surface area contributed by atoms with Gasteiger partial charge in [-0.3, -0.25) is 4.98 Å². The van der Waals surface area contributed by atoms with Crippen LogP contribution in [0.2, 0.25) is 0 Å². The molecule has 5 heteroatoms. The number of nitrogens with zero attached hydrogens (tertiary/aromatic N) is 1. The van der Waals surface area contributed by atoms with E-state index in [1.165, 1.54) is 0 Å². The maximum atomic E-state index is 11.8. The van der Waals surface area contributed by atoms with E-state index in [2.05, 4.69) is 16.4 Å². The average Bonchev–Trinajstić information content (AvgIpc) is 2.95. The third kappa shape index (κ3) is 3.74. The quantitative estimate of drug-likeness (QED) is 0.931. The highest BCUT2D eigenvalue weighted by Crippen LogP contribution is 2.36. The number of hydrogen-bond acceptors (Lipinski definition) is 4. The van der Waals surface area contributed by atoms with Gasteiger partial charge in [-0.15, -0.1) is 0 Å². The molecule has 5 nitrogen and oxygen atoms in total. The Kier molecular flexibility index (Phi) is 4.53. The minimum atomic E-state index is -0.508. The van der Waals surface area contributed by atoms with Crippen molar-refractivity contribution in [1.82, 2.24) is 10.3 Å². The highest BCUT2D eigenvalue weighted by Gasteiger charge is 2.27. The molecular formula is C19H22N2O3. The Morgan fingerprint density at radius 2 is 2.17 bits per heavy atom. The summed E-state index contributed by atoms with van der Waals surface area (Å²) in [6.45, 7) is 6.44. The van der Waals surface area contributed by atoms with Crippen LogP contribution in [0, 0.1) is 0 Å². The zero-order valence-corrected chi connectivity index (χ0v) is 14.2. The van der Waals surface area contributed by atoms with E-state index in [9.17, 15) is 4.79 Å². The summed E-state index contributed by atoms with van der Waals surface area (Å²) in [7, 11) is 0. The summed E-state index contributed by atoms with van der Waals surface area (Å²) in [6, 6.07) is 10.1. The van der Waals surface area contributed by atoms with Crippen molar-refractivity contribution >= 4 is 6.09 Å². The minimum absolute atomic E-state index is 0.163. The van der Waals surface area contributed by atoms with Gasteiger partial charge in [0.1, 0.15) is 11.7 Å². The second kappa shape index (κ2) is 6.61. The Bertz CT molecular complexity index is 723. The molecule has 1 aromatic heterocycles. The van der Waals surface area contributed by atoms with Crippen LogP contribution in [0.15, 0.2) is 42.7 Å². The van der Waals surface area contributed by atoms with E-state index in [0.29, 0.717) is 13.2 Å². The molecule has 1 aliphatic heterocycles. The van der Waals surface area contributed by atoms with Gasteiger partial charge < -0.3 is 14.8 Å². The Morgan fingerprint density at radius 3 is 2.88 bits per heavy atom. The molecule has 1 N–H and O–H groups in total. The van der Waals surface area contributed by atoms with Crippen LogP contribution in [-0.4, -0.2) is 23.2 Å². The van der Waals surface area contributed by atoms with Gasteiger partial charge in [0.05, 0.1) is 13.2 Å². The Hall–Kier alpha value is -2.40. The van der Waals surface area contributed by atoms with Crippen molar-refractivity contribution in [1.29, 1.82) is 0 Å². The minimum Gasteiger partial charge on any atom is -0.444 e. The van der Waals surface area contributed by atoms with E-state index in [-0.39, 0.29) is 6.10 Å². The fourth-order valence-corrected chi connectivity index (χ4v) is 2.79. The van der Waals surface area contributed by atoms with E-state index in [4.69, 9.17) is 9.47 Å². The van der Waals surface area contributed by atoms with Crippen LogP contribution in [0.4, 0.5) is 4.79 Å². The standard InChI is InChI=1S/C19H22N2O3/c1-19(2,3)24-18(22)21-11-17-15-8-4-7-14(16(15)12-23-17)13-6-5-9-20-10-13/h4-10,17H,11-12H2,1-3H3,(H,21,22). The number of carbonyl (C=O) groups is 1. The predicted molar refractivity (Wildman–Crippen MR) is 91.4 cm³/mol. The number of fused-ring (bicyclic) bond motifs is 1. The van der Waals surface area contributed by atoms with Gasteiger partial charge in [-0.25, -0.2) is 4.79 Å². The molecule has 0 fully saturated rings. The number of nitrogens with one attached hydrogen (secondary N) is 1. The molecule has 0 bridgehead atoms. The number of benzene rings is 1.